The highest BCUT2D eigenvalue weighted by molar-refractivity contribution is 5.87. The number of carboxylic acid groups (broad SMARTS) is 1. The van der Waals surface area contributed by atoms with Gasteiger partial charge in [0.1, 0.15) is 6.04 Å². The Bertz CT molecular complexity index is 355. The Morgan fingerprint density at radius 3 is 2.21 bits per heavy atom. The number of primary amides is 1. The molecule has 7 heteroatoms. The molecule has 0 aliphatic rings. The summed E-state index contributed by atoms with van der Waals surface area (Å²) in [6.45, 7) is 6.91. The van der Waals surface area contributed by atoms with Crippen molar-refractivity contribution >= 4 is 17.9 Å². The van der Waals surface area contributed by atoms with Gasteiger partial charge >= 0.3 is 12.0 Å². The molecule has 5 N–H and O–H groups in total. The molecule has 2 unspecified atom stereocenters. The number of aliphatic carboxylic acids is 1. The molecule has 0 saturated carbocycles. The zero-order valence-corrected chi connectivity index (χ0v) is 11.8. The van der Waals surface area contributed by atoms with Crippen LogP contribution in [0.2, 0.25) is 0 Å². The Balaban J connectivity index is 4.81. The van der Waals surface area contributed by atoms with Gasteiger partial charge in [0, 0.05) is 5.54 Å². The maximum absolute atomic E-state index is 12.1. The van der Waals surface area contributed by atoms with Crippen LogP contribution in [-0.2, 0) is 9.59 Å². The Labute approximate surface area is 112 Å². The molecular weight excluding hydrogens is 250 g/mol. The quantitative estimate of drug-likeness (QED) is 0.537. The molecule has 0 heterocycles. The zero-order valence-electron chi connectivity index (χ0n) is 11.8. The number of nitrogens with two attached hydrogens (primary N) is 1. The van der Waals surface area contributed by atoms with E-state index in [2.05, 4.69) is 10.6 Å². The van der Waals surface area contributed by atoms with E-state index in [1.54, 1.807) is 13.8 Å². The topological polar surface area (TPSA) is 122 Å². The summed E-state index contributed by atoms with van der Waals surface area (Å²) < 4.78 is 0. The lowest BCUT2D eigenvalue weighted by Crippen LogP contribution is -2.56. The highest BCUT2D eigenvalue weighted by Crippen LogP contribution is 2.12. The number of carbonyl (C=O) groups is 3. The molecule has 7 nitrogen and oxygen atoms in total. The van der Waals surface area contributed by atoms with Gasteiger partial charge < -0.3 is 21.5 Å². The molecule has 0 rings (SSSR count). The number of amides is 3. The molecule has 0 spiro atoms. The third-order valence-electron chi connectivity index (χ3n) is 2.85. The molecule has 19 heavy (non-hydrogen) atoms. The van der Waals surface area contributed by atoms with E-state index in [1.807, 2.05) is 13.8 Å². The third-order valence-corrected chi connectivity index (χ3v) is 2.85. The summed E-state index contributed by atoms with van der Waals surface area (Å²) in [6.07, 6.45) is 0.472. The third kappa shape index (κ3) is 6.64. The minimum atomic E-state index is -1.01. The summed E-state index contributed by atoms with van der Waals surface area (Å²) in [4.78, 5) is 33.7. The predicted molar refractivity (Wildman–Crippen MR) is 70.4 cm³/mol. The number of carbonyl (C=O) groups excluding carboxylic acids is 2. The molecule has 0 aromatic rings. The Hall–Kier alpha value is -1.79. The van der Waals surface area contributed by atoms with Crippen LogP contribution in [0.1, 0.15) is 40.5 Å². The van der Waals surface area contributed by atoms with Crippen molar-refractivity contribution in [1.82, 2.24) is 10.6 Å². The summed E-state index contributed by atoms with van der Waals surface area (Å²) in [7, 11) is 0. The van der Waals surface area contributed by atoms with E-state index in [9.17, 15) is 14.4 Å². The lowest BCUT2D eigenvalue weighted by molar-refractivity contribution is -0.138. The number of hydrogen-bond donors (Lipinski definition) is 4. The summed E-state index contributed by atoms with van der Waals surface area (Å²) in [6, 6.07) is -1.55. The number of hydrogen-bond acceptors (Lipinski definition) is 3. The van der Waals surface area contributed by atoms with E-state index in [1.165, 1.54) is 0 Å². The normalized spacial score (nSPS) is 14.3. The van der Waals surface area contributed by atoms with E-state index in [4.69, 9.17) is 10.8 Å². The maximum Gasteiger partial charge on any atom is 0.312 e. The Kier molecular flexibility index (Phi) is 6.31. The second-order valence-corrected chi connectivity index (χ2v) is 5.32. The molecule has 110 valence electrons. The van der Waals surface area contributed by atoms with Crippen LogP contribution in [0.15, 0.2) is 0 Å². The molecule has 3 amide bonds. The van der Waals surface area contributed by atoms with Crippen LogP contribution in [0.4, 0.5) is 4.79 Å². The van der Waals surface area contributed by atoms with Gasteiger partial charge in [0.2, 0.25) is 5.91 Å². The fourth-order valence-electron chi connectivity index (χ4n) is 1.69. The van der Waals surface area contributed by atoms with Crippen LogP contribution >= 0.6 is 0 Å². The molecule has 0 saturated heterocycles. The molecule has 0 radical (unpaired) electrons. The van der Waals surface area contributed by atoms with Crippen molar-refractivity contribution in [3.8, 4) is 0 Å². The van der Waals surface area contributed by atoms with Gasteiger partial charge in [-0.3, -0.25) is 9.59 Å². The van der Waals surface area contributed by atoms with Crippen LogP contribution in [0.25, 0.3) is 0 Å². The second kappa shape index (κ2) is 6.96. The van der Waals surface area contributed by atoms with Crippen LogP contribution in [0.5, 0.6) is 0 Å². The van der Waals surface area contributed by atoms with Crippen LogP contribution in [0, 0.1) is 5.92 Å². The first-order valence-electron chi connectivity index (χ1n) is 6.19. The van der Waals surface area contributed by atoms with E-state index in [-0.39, 0.29) is 12.3 Å². The Morgan fingerprint density at radius 1 is 1.32 bits per heavy atom. The summed E-state index contributed by atoms with van der Waals surface area (Å²) >= 11 is 0. The van der Waals surface area contributed by atoms with Crippen molar-refractivity contribution in [3.05, 3.63) is 0 Å². The minimum absolute atomic E-state index is 0.104. The van der Waals surface area contributed by atoms with E-state index >= 15 is 0 Å². The Morgan fingerprint density at radius 2 is 1.84 bits per heavy atom. The van der Waals surface area contributed by atoms with Gasteiger partial charge in [0.15, 0.2) is 0 Å². The summed E-state index contributed by atoms with van der Waals surface area (Å²) in [5, 5.41) is 13.8. The van der Waals surface area contributed by atoms with Gasteiger partial charge in [-0.25, -0.2) is 4.79 Å². The van der Waals surface area contributed by atoms with Gasteiger partial charge in [-0.2, -0.15) is 0 Å². The molecule has 0 aliphatic carbocycles. The molecule has 0 bridgehead atoms. The molecule has 0 aromatic carbocycles. The fourth-order valence-corrected chi connectivity index (χ4v) is 1.69. The molecule has 0 aliphatic heterocycles. The SMILES string of the molecule is CCC(C)C(NC(N)=O)C(=O)NC(C)(C)CC(=O)O. The van der Waals surface area contributed by atoms with Crippen molar-refractivity contribution in [1.29, 1.82) is 0 Å². The van der Waals surface area contributed by atoms with Crippen molar-refractivity contribution in [2.45, 2.75) is 52.1 Å². The van der Waals surface area contributed by atoms with Gasteiger partial charge in [-0.15, -0.1) is 0 Å². The predicted octanol–water partition coefficient (Wildman–Crippen LogP) is 0.439. The lowest BCUT2D eigenvalue weighted by atomic mass is 9.95. The smallest absolute Gasteiger partial charge is 0.312 e. The fraction of sp³-hybridized carbons (Fsp3) is 0.750. The number of rotatable bonds is 7. The number of carboxylic acids is 1. The first-order chi connectivity index (χ1) is 8.59. The van der Waals surface area contributed by atoms with Gasteiger partial charge in [-0.05, 0) is 19.8 Å². The second-order valence-electron chi connectivity index (χ2n) is 5.32. The van der Waals surface area contributed by atoms with Crippen molar-refractivity contribution in [3.63, 3.8) is 0 Å². The maximum atomic E-state index is 12.1. The molecular formula is C12H23N3O4. The monoisotopic (exact) mass is 273 g/mol. The first kappa shape index (κ1) is 17.2. The summed E-state index contributed by atoms with van der Waals surface area (Å²) in [5.74, 6) is -1.54. The van der Waals surface area contributed by atoms with Crippen molar-refractivity contribution in [2.24, 2.45) is 11.7 Å². The molecule has 0 fully saturated rings. The van der Waals surface area contributed by atoms with Gasteiger partial charge in [0.05, 0.1) is 6.42 Å². The van der Waals surface area contributed by atoms with Gasteiger partial charge in [-0.1, -0.05) is 20.3 Å². The molecule has 0 aromatic heterocycles. The first-order valence-corrected chi connectivity index (χ1v) is 6.19. The standard InChI is InChI=1S/C12H23N3O4/c1-5-7(2)9(14-11(13)19)10(18)15-12(3,4)6-8(16)17/h7,9H,5-6H2,1-4H3,(H,15,18)(H,16,17)(H3,13,14,19). The largest absolute Gasteiger partial charge is 0.481 e. The van der Waals surface area contributed by atoms with Crippen LogP contribution in [-0.4, -0.2) is 34.6 Å². The minimum Gasteiger partial charge on any atom is -0.481 e. The van der Waals surface area contributed by atoms with E-state index in [0.29, 0.717) is 6.42 Å². The van der Waals surface area contributed by atoms with Crippen LogP contribution < -0.4 is 16.4 Å². The van der Waals surface area contributed by atoms with E-state index in [0.717, 1.165) is 0 Å². The van der Waals surface area contributed by atoms with Crippen molar-refractivity contribution < 1.29 is 19.5 Å². The highest BCUT2D eigenvalue weighted by Gasteiger charge is 2.30. The van der Waals surface area contributed by atoms with Gasteiger partial charge in [0.25, 0.3) is 0 Å². The average Bonchev–Trinajstić information content (AvgIpc) is 2.21. The lowest BCUT2D eigenvalue weighted by Gasteiger charge is -2.29. The molecule has 2 atom stereocenters. The number of urea groups is 1. The van der Waals surface area contributed by atoms with E-state index < -0.39 is 29.5 Å². The van der Waals surface area contributed by atoms with Crippen LogP contribution in [0.3, 0.4) is 0 Å². The number of nitrogens with one attached hydrogen (secondary N) is 2. The summed E-state index contributed by atoms with van der Waals surface area (Å²) in [5.41, 5.74) is 4.15. The zero-order chi connectivity index (χ0) is 15.2. The van der Waals surface area contributed by atoms with Crippen molar-refractivity contribution in [2.75, 3.05) is 0 Å². The average molecular weight is 273 g/mol. The highest BCUT2D eigenvalue weighted by atomic mass is 16.4.